The van der Waals surface area contributed by atoms with E-state index in [-0.39, 0.29) is 25.1 Å². The molecule has 2 fully saturated rings. The van der Waals surface area contributed by atoms with Crippen molar-refractivity contribution in [2.45, 2.75) is 51.0 Å². The zero-order chi connectivity index (χ0) is 25.1. The average molecular weight is 497 g/mol. The molecule has 1 saturated carbocycles. The lowest BCUT2D eigenvalue weighted by molar-refractivity contribution is -0.253. The van der Waals surface area contributed by atoms with E-state index < -0.39 is 18.0 Å². The topological polar surface area (TPSA) is 123 Å². The molecule has 0 atom stereocenters. The molecule has 1 amide bonds. The third-order valence-corrected chi connectivity index (χ3v) is 5.83. The predicted octanol–water partition coefficient (Wildman–Crippen LogP) is 4.19. The quantitative estimate of drug-likeness (QED) is 0.424. The summed E-state index contributed by atoms with van der Waals surface area (Å²) in [6.45, 7) is 4.83. The summed E-state index contributed by atoms with van der Waals surface area (Å²) in [7, 11) is 0. The molecule has 36 heavy (non-hydrogen) atoms. The number of ether oxygens (including phenoxy) is 3. The fourth-order valence-corrected chi connectivity index (χ4v) is 3.78. The summed E-state index contributed by atoms with van der Waals surface area (Å²) in [5.41, 5.74) is 1.60. The van der Waals surface area contributed by atoms with E-state index in [0.29, 0.717) is 34.4 Å². The summed E-state index contributed by atoms with van der Waals surface area (Å²) in [5, 5.41) is 5.98. The maximum atomic E-state index is 13.6. The number of imidazole rings is 1. The lowest BCUT2D eigenvalue weighted by Crippen LogP contribution is -2.48. The minimum atomic E-state index is -0.919. The van der Waals surface area contributed by atoms with Gasteiger partial charge in [0.25, 0.3) is 0 Å². The van der Waals surface area contributed by atoms with Crippen molar-refractivity contribution in [3.63, 3.8) is 0 Å². The van der Waals surface area contributed by atoms with Crippen molar-refractivity contribution in [3.05, 3.63) is 48.2 Å². The number of nitrogens with one attached hydrogen (secondary N) is 3. The Morgan fingerprint density at radius 3 is 2.64 bits per heavy atom. The number of nitrogens with zero attached hydrogens (tertiary/aromatic N) is 3. The Hall–Kier alpha value is -3.57. The van der Waals surface area contributed by atoms with Gasteiger partial charge in [0.1, 0.15) is 5.82 Å². The summed E-state index contributed by atoms with van der Waals surface area (Å²) >= 11 is 0. The molecule has 1 aromatic carbocycles. The predicted molar refractivity (Wildman–Crippen MR) is 129 cm³/mol. The van der Waals surface area contributed by atoms with Gasteiger partial charge in [0, 0.05) is 24.3 Å². The Morgan fingerprint density at radius 2 is 1.94 bits per heavy atom. The fourth-order valence-electron chi connectivity index (χ4n) is 3.78. The largest absolute Gasteiger partial charge is 0.438 e. The molecule has 3 aromatic rings. The van der Waals surface area contributed by atoms with Crippen LogP contribution in [0.3, 0.4) is 0 Å². The van der Waals surface area contributed by atoms with Crippen molar-refractivity contribution < 1.29 is 23.4 Å². The van der Waals surface area contributed by atoms with Crippen LogP contribution < -0.4 is 10.6 Å². The SMILES string of the molecule is CCCNc1nccc(-c2[nH]c(C3OCC(C)(OC(=O)NC4CC4)CO3)nc2-c2ccc(F)cc2)n1. The van der Waals surface area contributed by atoms with E-state index in [4.69, 9.17) is 19.2 Å². The fraction of sp³-hybridized carbons (Fsp3) is 0.440. The second-order valence-corrected chi connectivity index (χ2v) is 9.26. The van der Waals surface area contributed by atoms with Crippen LogP contribution in [-0.4, -0.2) is 57.4 Å². The number of hydrogen-bond donors (Lipinski definition) is 3. The van der Waals surface area contributed by atoms with Crippen LogP contribution in [0.4, 0.5) is 15.1 Å². The molecular formula is C25H29FN6O4. The molecule has 0 bridgehead atoms. The van der Waals surface area contributed by atoms with Crippen molar-refractivity contribution >= 4 is 12.0 Å². The molecule has 10 nitrogen and oxygen atoms in total. The van der Waals surface area contributed by atoms with Crippen LogP contribution in [0.15, 0.2) is 36.5 Å². The molecule has 0 radical (unpaired) electrons. The number of amides is 1. The average Bonchev–Trinajstić information content (AvgIpc) is 3.57. The van der Waals surface area contributed by atoms with Gasteiger partial charge in [0.15, 0.2) is 11.4 Å². The highest BCUT2D eigenvalue weighted by molar-refractivity contribution is 5.77. The summed E-state index contributed by atoms with van der Waals surface area (Å²) in [4.78, 5) is 29.0. The second kappa shape index (κ2) is 10.2. The molecule has 11 heteroatoms. The number of rotatable bonds is 8. The minimum Gasteiger partial charge on any atom is -0.438 e. The Balaban J connectivity index is 1.38. The van der Waals surface area contributed by atoms with Crippen LogP contribution in [0.2, 0.25) is 0 Å². The summed E-state index contributed by atoms with van der Waals surface area (Å²) < 4.78 is 31.0. The monoisotopic (exact) mass is 496 g/mol. The summed E-state index contributed by atoms with van der Waals surface area (Å²) in [6.07, 6.45) is 3.27. The van der Waals surface area contributed by atoms with E-state index in [2.05, 4.69) is 32.5 Å². The maximum Gasteiger partial charge on any atom is 0.408 e. The van der Waals surface area contributed by atoms with Crippen LogP contribution in [0.25, 0.3) is 22.6 Å². The van der Waals surface area contributed by atoms with Gasteiger partial charge in [-0.2, -0.15) is 0 Å². The molecule has 0 unspecified atom stereocenters. The van der Waals surface area contributed by atoms with Crippen molar-refractivity contribution in [1.82, 2.24) is 25.3 Å². The first-order chi connectivity index (χ1) is 17.4. The maximum absolute atomic E-state index is 13.6. The van der Waals surface area contributed by atoms with E-state index in [1.807, 2.05) is 0 Å². The van der Waals surface area contributed by atoms with Gasteiger partial charge in [-0.05, 0) is 56.5 Å². The molecule has 3 N–H and O–H groups in total. The van der Waals surface area contributed by atoms with E-state index >= 15 is 0 Å². The smallest absolute Gasteiger partial charge is 0.408 e. The molecule has 1 aliphatic heterocycles. The summed E-state index contributed by atoms with van der Waals surface area (Å²) in [6, 6.07) is 8.04. The molecule has 1 aliphatic carbocycles. The first kappa shape index (κ1) is 24.1. The van der Waals surface area contributed by atoms with E-state index in [1.54, 1.807) is 31.3 Å². The Kier molecular flexibility index (Phi) is 6.84. The number of benzene rings is 1. The minimum absolute atomic E-state index is 0.135. The zero-order valence-electron chi connectivity index (χ0n) is 20.2. The first-order valence-electron chi connectivity index (χ1n) is 12.1. The normalized spacial score (nSPS) is 21.7. The molecule has 5 rings (SSSR count). The first-order valence-corrected chi connectivity index (χ1v) is 12.1. The van der Waals surface area contributed by atoms with Gasteiger partial charge in [-0.3, -0.25) is 0 Å². The van der Waals surface area contributed by atoms with E-state index in [9.17, 15) is 9.18 Å². The third-order valence-electron chi connectivity index (χ3n) is 5.83. The number of H-pyrrole nitrogens is 1. The molecule has 3 heterocycles. The van der Waals surface area contributed by atoms with Gasteiger partial charge < -0.3 is 29.8 Å². The summed E-state index contributed by atoms with van der Waals surface area (Å²) in [5.74, 6) is 0.585. The molecule has 2 aliphatic rings. The van der Waals surface area contributed by atoms with E-state index in [1.165, 1.54) is 12.1 Å². The number of carbonyl (C=O) groups excluding carboxylic acids is 1. The number of hydrogen-bond acceptors (Lipinski definition) is 8. The van der Waals surface area contributed by atoms with Crippen LogP contribution in [-0.2, 0) is 14.2 Å². The molecule has 1 saturated heterocycles. The van der Waals surface area contributed by atoms with Gasteiger partial charge in [0.2, 0.25) is 12.2 Å². The van der Waals surface area contributed by atoms with Gasteiger partial charge in [-0.1, -0.05) is 6.92 Å². The third kappa shape index (κ3) is 5.63. The second-order valence-electron chi connectivity index (χ2n) is 9.26. The standard InChI is InChI=1S/C25H29FN6O4/c1-3-11-27-23-28-12-10-18(30-23)20-19(15-4-6-16(26)7-5-15)31-21(32-20)22-34-13-25(2,14-35-22)36-24(33)29-17-8-9-17/h4-7,10,12,17,22H,3,8-9,11,13-14H2,1-2H3,(H,29,33)(H,31,32)(H,27,28,30). The van der Waals surface area contributed by atoms with Crippen LogP contribution in [0.1, 0.15) is 45.2 Å². The Labute approximate surface area is 208 Å². The highest BCUT2D eigenvalue weighted by Crippen LogP contribution is 2.34. The number of alkyl carbamates (subject to hydrolysis) is 1. The molecule has 190 valence electrons. The number of halogens is 1. The highest BCUT2D eigenvalue weighted by Gasteiger charge is 2.39. The number of carbonyl (C=O) groups is 1. The highest BCUT2D eigenvalue weighted by atomic mass is 19.1. The lowest BCUT2D eigenvalue weighted by atomic mass is 10.1. The van der Waals surface area contributed by atoms with Gasteiger partial charge in [0.05, 0.1) is 30.3 Å². The van der Waals surface area contributed by atoms with Crippen LogP contribution >= 0.6 is 0 Å². The zero-order valence-corrected chi connectivity index (χ0v) is 20.2. The van der Waals surface area contributed by atoms with Crippen molar-refractivity contribution in [2.75, 3.05) is 25.1 Å². The molecular weight excluding hydrogens is 467 g/mol. The van der Waals surface area contributed by atoms with Gasteiger partial charge >= 0.3 is 6.09 Å². The Morgan fingerprint density at radius 1 is 1.19 bits per heavy atom. The van der Waals surface area contributed by atoms with Crippen LogP contribution in [0, 0.1) is 5.82 Å². The number of aromatic nitrogens is 4. The van der Waals surface area contributed by atoms with E-state index in [0.717, 1.165) is 25.8 Å². The van der Waals surface area contributed by atoms with Gasteiger partial charge in [-0.15, -0.1) is 0 Å². The molecule has 2 aromatic heterocycles. The Bertz CT molecular complexity index is 1210. The van der Waals surface area contributed by atoms with Crippen LogP contribution in [0.5, 0.6) is 0 Å². The lowest BCUT2D eigenvalue weighted by Gasteiger charge is -2.35. The van der Waals surface area contributed by atoms with Crippen molar-refractivity contribution in [1.29, 1.82) is 0 Å². The van der Waals surface area contributed by atoms with Gasteiger partial charge in [-0.25, -0.2) is 24.1 Å². The molecule has 0 spiro atoms. The van der Waals surface area contributed by atoms with Crippen molar-refractivity contribution in [3.8, 4) is 22.6 Å². The number of aromatic amines is 1. The van der Waals surface area contributed by atoms with Crippen molar-refractivity contribution in [2.24, 2.45) is 0 Å². The number of anilines is 1.